The Bertz CT molecular complexity index is 962. The van der Waals surface area contributed by atoms with E-state index >= 15 is 0 Å². The van der Waals surface area contributed by atoms with Gasteiger partial charge in [-0.05, 0) is 63.4 Å². The molecule has 0 spiro atoms. The van der Waals surface area contributed by atoms with E-state index in [4.69, 9.17) is 9.47 Å². The van der Waals surface area contributed by atoms with E-state index in [-0.39, 0.29) is 30.9 Å². The molecule has 3 rings (SSSR count). The molecule has 0 bridgehead atoms. The molecule has 2 aromatic rings. The van der Waals surface area contributed by atoms with Crippen molar-refractivity contribution in [2.24, 2.45) is 0 Å². The Balaban J connectivity index is 1.55. The van der Waals surface area contributed by atoms with E-state index in [1.165, 1.54) is 11.1 Å². The highest BCUT2D eigenvalue weighted by atomic mass is 16.5. The number of ether oxygens (including phenoxy) is 2. The number of anilines is 1. The maximum atomic E-state index is 12.9. The molecular formula is C26H35N3O4. The van der Waals surface area contributed by atoms with Gasteiger partial charge < -0.3 is 19.7 Å². The summed E-state index contributed by atoms with van der Waals surface area (Å²) in [4.78, 5) is 29.1. The summed E-state index contributed by atoms with van der Waals surface area (Å²) in [6.07, 6.45) is 3.10. The highest BCUT2D eigenvalue weighted by Crippen LogP contribution is 2.33. The van der Waals surface area contributed by atoms with Gasteiger partial charge in [-0.2, -0.15) is 0 Å². The second-order valence-corrected chi connectivity index (χ2v) is 8.36. The van der Waals surface area contributed by atoms with Crippen LogP contribution in [-0.2, 0) is 16.0 Å². The van der Waals surface area contributed by atoms with Gasteiger partial charge in [-0.1, -0.05) is 24.3 Å². The molecule has 1 aliphatic rings. The topological polar surface area (TPSA) is 71.1 Å². The first-order valence-electron chi connectivity index (χ1n) is 11.6. The molecule has 1 N–H and O–H groups in total. The van der Waals surface area contributed by atoms with E-state index in [0.29, 0.717) is 30.4 Å². The van der Waals surface area contributed by atoms with Crippen LogP contribution in [0.3, 0.4) is 0 Å². The van der Waals surface area contributed by atoms with E-state index in [1.807, 2.05) is 31.9 Å². The normalized spacial score (nSPS) is 15.0. The molecule has 0 saturated carbocycles. The number of likely N-dealkylation sites (N-methyl/N-ethyl adjacent to an activating group) is 2. The predicted octanol–water partition coefficient (Wildman–Crippen LogP) is 3.89. The summed E-state index contributed by atoms with van der Waals surface area (Å²) in [5.41, 5.74) is 3.19. The summed E-state index contributed by atoms with van der Waals surface area (Å²) in [6, 6.07) is 13.8. The van der Waals surface area contributed by atoms with Gasteiger partial charge in [0.15, 0.2) is 11.5 Å². The fourth-order valence-electron chi connectivity index (χ4n) is 4.28. The lowest BCUT2D eigenvalue weighted by Gasteiger charge is -2.34. The monoisotopic (exact) mass is 453 g/mol. The van der Waals surface area contributed by atoms with Gasteiger partial charge in [-0.3, -0.25) is 14.5 Å². The molecule has 0 fully saturated rings. The molecule has 2 amide bonds. The summed E-state index contributed by atoms with van der Waals surface area (Å²) < 4.78 is 11.2. The fraction of sp³-hybridized carbons (Fsp3) is 0.462. The standard InChI is InChI=1S/C26H35N3O4/c1-5-32-23-15-14-20(16-24(23)33-6-2)27-25(30)17-28(3)18-26(31)29(4)22-13-9-11-19-10-7-8-12-21(19)22/h7-8,10,12,14-16,22H,5-6,9,11,13,17-18H2,1-4H3,(H,27,30). The van der Waals surface area contributed by atoms with Crippen molar-refractivity contribution in [3.05, 3.63) is 53.6 Å². The zero-order valence-corrected chi connectivity index (χ0v) is 20.1. The van der Waals surface area contributed by atoms with Crippen molar-refractivity contribution in [3.8, 4) is 11.5 Å². The fourth-order valence-corrected chi connectivity index (χ4v) is 4.28. The van der Waals surface area contributed by atoms with Crippen LogP contribution in [0.1, 0.15) is 43.9 Å². The van der Waals surface area contributed by atoms with Gasteiger partial charge >= 0.3 is 0 Å². The number of carbonyl (C=O) groups excluding carboxylic acids is 2. The molecule has 0 aromatic heterocycles. The molecule has 1 aliphatic carbocycles. The average molecular weight is 454 g/mol. The Labute approximate surface area is 196 Å². The first kappa shape index (κ1) is 24.6. The van der Waals surface area contributed by atoms with E-state index in [1.54, 1.807) is 30.1 Å². The van der Waals surface area contributed by atoms with Gasteiger partial charge in [0.05, 0.1) is 32.3 Å². The van der Waals surface area contributed by atoms with E-state index in [0.717, 1.165) is 19.3 Å². The number of carbonyl (C=O) groups is 2. The lowest BCUT2D eigenvalue weighted by Crippen LogP contribution is -2.41. The smallest absolute Gasteiger partial charge is 0.238 e. The minimum absolute atomic E-state index is 0.00621. The van der Waals surface area contributed by atoms with Crippen molar-refractivity contribution in [2.75, 3.05) is 45.7 Å². The van der Waals surface area contributed by atoms with Gasteiger partial charge in [0, 0.05) is 18.8 Å². The molecule has 2 aromatic carbocycles. The summed E-state index contributed by atoms with van der Waals surface area (Å²) in [5.74, 6) is 1.05. The first-order chi connectivity index (χ1) is 15.9. The highest BCUT2D eigenvalue weighted by molar-refractivity contribution is 5.93. The maximum absolute atomic E-state index is 12.9. The summed E-state index contributed by atoms with van der Waals surface area (Å²) in [7, 11) is 3.64. The minimum atomic E-state index is -0.192. The summed E-state index contributed by atoms with van der Waals surface area (Å²) in [6.45, 7) is 5.13. The van der Waals surface area contributed by atoms with Crippen LogP contribution in [0.4, 0.5) is 5.69 Å². The minimum Gasteiger partial charge on any atom is -0.490 e. The third kappa shape index (κ3) is 6.48. The Morgan fingerprint density at radius 3 is 2.48 bits per heavy atom. The number of nitrogens with one attached hydrogen (secondary N) is 1. The van der Waals surface area contributed by atoms with Crippen molar-refractivity contribution in [1.29, 1.82) is 0 Å². The van der Waals surface area contributed by atoms with Crippen molar-refractivity contribution < 1.29 is 19.1 Å². The Kier molecular flexibility index (Phi) is 8.72. The molecular weight excluding hydrogens is 418 g/mol. The van der Waals surface area contributed by atoms with Crippen LogP contribution >= 0.6 is 0 Å². The van der Waals surface area contributed by atoms with Gasteiger partial charge in [0.1, 0.15) is 0 Å². The van der Waals surface area contributed by atoms with Crippen LogP contribution in [-0.4, -0.2) is 62.0 Å². The maximum Gasteiger partial charge on any atom is 0.238 e. The SMILES string of the molecule is CCOc1ccc(NC(=O)CN(C)CC(=O)N(C)C2CCCc3ccccc32)cc1OCC. The lowest BCUT2D eigenvalue weighted by atomic mass is 9.87. The van der Waals surface area contributed by atoms with Gasteiger partial charge in [0.2, 0.25) is 11.8 Å². The predicted molar refractivity (Wildman–Crippen MR) is 130 cm³/mol. The van der Waals surface area contributed by atoms with Crippen LogP contribution < -0.4 is 14.8 Å². The van der Waals surface area contributed by atoms with Gasteiger partial charge in [-0.25, -0.2) is 0 Å². The number of hydrogen-bond donors (Lipinski definition) is 1. The van der Waals surface area contributed by atoms with Crippen molar-refractivity contribution in [1.82, 2.24) is 9.80 Å². The molecule has 33 heavy (non-hydrogen) atoms. The van der Waals surface area contributed by atoms with E-state index in [9.17, 15) is 9.59 Å². The summed E-state index contributed by atoms with van der Waals surface area (Å²) >= 11 is 0. The van der Waals surface area contributed by atoms with Crippen LogP contribution in [0.25, 0.3) is 0 Å². The van der Waals surface area contributed by atoms with Crippen molar-refractivity contribution in [3.63, 3.8) is 0 Å². The molecule has 0 radical (unpaired) electrons. The van der Waals surface area contributed by atoms with E-state index in [2.05, 4.69) is 23.5 Å². The largest absolute Gasteiger partial charge is 0.490 e. The number of amides is 2. The third-order valence-electron chi connectivity index (χ3n) is 5.84. The Hall–Kier alpha value is -3.06. The van der Waals surface area contributed by atoms with Crippen molar-refractivity contribution in [2.45, 2.75) is 39.2 Å². The number of benzene rings is 2. The Morgan fingerprint density at radius 2 is 1.73 bits per heavy atom. The van der Waals surface area contributed by atoms with Gasteiger partial charge in [-0.15, -0.1) is 0 Å². The third-order valence-corrected chi connectivity index (χ3v) is 5.84. The van der Waals surface area contributed by atoms with E-state index < -0.39 is 0 Å². The second-order valence-electron chi connectivity index (χ2n) is 8.36. The molecule has 7 nitrogen and oxygen atoms in total. The first-order valence-corrected chi connectivity index (χ1v) is 11.6. The van der Waals surface area contributed by atoms with Crippen molar-refractivity contribution >= 4 is 17.5 Å². The zero-order chi connectivity index (χ0) is 23.8. The Morgan fingerprint density at radius 1 is 1.00 bits per heavy atom. The van der Waals surface area contributed by atoms with Crippen LogP contribution in [0.5, 0.6) is 11.5 Å². The molecule has 178 valence electrons. The molecule has 0 saturated heterocycles. The number of nitrogens with zero attached hydrogens (tertiary/aromatic N) is 2. The summed E-state index contributed by atoms with van der Waals surface area (Å²) in [5, 5.41) is 2.88. The van der Waals surface area contributed by atoms with Crippen LogP contribution in [0, 0.1) is 0 Å². The number of hydrogen-bond acceptors (Lipinski definition) is 5. The lowest BCUT2D eigenvalue weighted by molar-refractivity contribution is -0.133. The molecule has 1 unspecified atom stereocenters. The molecule has 1 atom stereocenters. The molecule has 0 heterocycles. The quantitative estimate of drug-likeness (QED) is 0.591. The average Bonchev–Trinajstić information content (AvgIpc) is 2.80. The molecule has 0 aliphatic heterocycles. The highest BCUT2D eigenvalue weighted by Gasteiger charge is 2.27. The second kappa shape index (κ2) is 11.7. The number of aryl methyl sites for hydroxylation is 1. The number of fused-ring (bicyclic) bond motifs is 1. The molecule has 7 heteroatoms. The van der Waals surface area contributed by atoms with Crippen LogP contribution in [0.2, 0.25) is 0 Å². The zero-order valence-electron chi connectivity index (χ0n) is 20.1. The van der Waals surface area contributed by atoms with Gasteiger partial charge in [0.25, 0.3) is 0 Å². The number of rotatable bonds is 10. The van der Waals surface area contributed by atoms with Crippen LogP contribution in [0.15, 0.2) is 42.5 Å².